The molecule has 0 unspecified atom stereocenters. The van der Waals surface area contributed by atoms with Gasteiger partial charge in [0.15, 0.2) is 0 Å². The lowest BCUT2D eigenvalue weighted by Gasteiger charge is -2.05. The molecule has 0 bridgehead atoms. The van der Waals surface area contributed by atoms with Crippen LogP contribution in [-0.2, 0) is 11.2 Å². The van der Waals surface area contributed by atoms with E-state index in [2.05, 4.69) is 31.9 Å². The second kappa shape index (κ2) is 7.38. The molecule has 0 aliphatic carbocycles. The molecule has 0 saturated heterocycles. The Balaban J connectivity index is 1.92. The normalized spacial score (nSPS) is 10.6. The molecular weight excluding hydrogens is 407 g/mol. The molecule has 5 heteroatoms. The van der Waals surface area contributed by atoms with Gasteiger partial charge in [-0.1, -0.05) is 31.9 Å². The Kier molecular flexibility index (Phi) is 5.81. The SMILES string of the molecule is O=C(CSc1ccc(Br)cc1)Cc1cc(F)ccc1Br. The maximum atomic E-state index is 13.1. The van der Waals surface area contributed by atoms with Crippen LogP contribution in [-0.4, -0.2) is 11.5 Å². The molecule has 2 aromatic carbocycles. The molecule has 0 N–H and O–H groups in total. The predicted molar refractivity (Wildman–Crippen MR) is 87.7 cm³/mol. The van der Waals surface area contributed by atoms with Gasteiger partial charge < -0.3 is 0 Å². The van der Waals surface area contributed by atoms with Gasteiger partial charge in [0.25, 0.3) is 0 Å². The van der Waals surface area contributed by atoms with Crippen LogP contribution in [0.25, 0.3) is 0 Å². The molecule has 0 aliphatic rings. The molecular formula is C15H11Br2FOS. The Hall–Kier alpha value is -0.650. The van der Waals surface area contributed by atoms with Crippen LogP contribution in [0.15, 0.2) is 56.3 Å². The molecule has 0 aliphatic heterocycles. The number of carbonyl (C=O) groups excluding carboxylic acids is 1. The largest absolute Gasteiger partial charge is 0.298 e. The van der Waals surface area contributed by atoms with Crippen molar-refractivity contribution in [1.29, 1.82) is 0 Å². The van der Waals surface area contributed by atoms with Crippen molar-refractivity contribution in [3.8, 4) is 0 Å². The predicted octanol–water partition coefficient (Wildman–Crippen LogP) is 5.25. The third kappa shape index (κ3) is 4.72. The van der Waals surface area contributed by atoms with Crippen LogP contribution in [0.3, 0.4) is 0 Å². The van der Waals surface area contributed by atoms with E-state index in [1.165, 1.54) is 23.9 Å². The maximum absolute atomic E-state index is 13.1. The van der Waals surface area contributed by atoms with Crippen LogP contribution in [0, 0.1) is 5.82 Å². The van der Waals surface area contributed by atoms with Crippen molar-refractivity contribution in [2.45, 2.75) is 11.3 Å². The van der Waals surface area contributed by atoms with E-state index in [-0.39, 0.29) is 18.0 Å². The van der Waals surface area contributed by atoms with Crippen LogP contribution in [0.1, 0.15) is 5.56 Å². The number of rotatable bonds is 5. The quantitative estimate of drug-likeness (QED) is 0.617. The van der Waals surface area contributed by atoms with Crippen molar-refractivity contribution in [2.75, 3.05) is 5.75 Å². The van der Waals surface area contributed by atoms with Crippen molar-refractivity contribution in [3.05, 3.63) is 62.8 Å². The number of carbonyl (C=O) groups is 1. The van der Waals surface area contributed by atoms with E-state index in [9.17, 15) is 9.18 Å². The van der Waals surface area contributed by atoms with Gasteiger partial charge in [0.05, 0.1) is 5.75 Å². The lowest BCUT2D eigenvalue weighted by molar-refractivity contribution is -0.116. The van der Waals surface area contributed by atoms with Crippen molar-refractivity contribution in [1.82, 2.24) is 0 Å². The van der Waals surface area contributed by atoms with Crippen molar-refractivity contribution in [3.63, 3.8) is 0 Å². The molecule has 0 spiro atoms. The average molecular weight is 418 g/mol. The highest BCUT2D eigenvalue weighted by atomic mass is 79.9. The summed E-state index contributed by atoms with van der Waals surface area (Å²) in [6.45, 7) is 0. The Bertz CT molecular complexity index is 614. The Morgan fingerprint density at radius 3 is 2.50 bits per heavy atom. The molecule has 20 heavy (non-hydrogen) atoms. The van der Waals surface area contributed by atoms with Gasteiger partial charge in [0.2, 0.25) is 0 Å². The minimum absolute atomic E-state index is 0.0734. The molecule has 0 fully saturated rings. The Labute approximate surface area is 138 Å². The van der Waals surface area contributed by atoms with E-state index in [4.69, 9.17) is 0 Å². The van der Waals surface area contributed by atoms with Gasteiger partial charge in [-0.3, -0.25) is 4.79 Å². The fraction of sp³-hybridized carbons (Fsp3) is 0.133. The summed E-state index contributed by atoms with van der Waals surface area (Å²) in [7, 11) is 0. The van der Waals surface area contributed by atoms with Gasteiger partial charge in [-0.2, -0.15) is 0 Å². The van der Waals surface area contributed by atoms with Crippen LogP contribution < -0.4 is 0 Å². The van der Waals surface area contributed by atoms with Gasteiger partial charge in [0, 0.05) is 20.3 Å². The second-order valence-corrected chi connectivity index (χ2v) is 7.01. The molecule has 2 rings (SSSR count). The first-order valence-corrected chi connectivity index (χ1v) is 8.46. The Morgan fingerprint density at radius 2 is 1.80 bits per heavy atom. The number of hydrogen-bond donors (Lipinski definition) is 0. The highest BCUT2D eigenvalue weighted by Gasteiger charge is 2.09. The van der Waals surface area contributed by atoms with Crippen molar-refractivity contribution < 1.29 is 9.18 Å². The van der Waals surface area contributed by atoms with E-state index >= 15 is 0 Å². The second-order valence-electron chi connectivity index (χ2n) is 4.19. The van der Waals surface area contributed by atoms with Crippen LogP contribution in [0.5, 0.6) is 0 Å². The first kappa shape index (κ1) is 15.7. The molecule has 0 amide bonds. The molecule has 1 nitrogen and oxygen atoms in total. The summed E-state index contributed by atoms with van der Waals surface area (Å²) in [6, 6.07) is 12.2. The molecule has 0 aromatic heterocycles. The van der Waals surface area contributed by atoms with Gasteiger partial charge in [-0.15, -0.1) is 11.8 Å². The van der Waals surface area contributed by atoms with Gasteiger partial charge in [0.1, 0.15) is 11.6 Å². The van der Waals surface area contributed by atoms with Gasteiger partial charge in [-0.05, 0) is 48.0 Å². The van der Waals surface area contributed by atoms with Gasteiger partial charge in [-0.25, -0.2) is 4.39 Å². The first-order valence-electron chi connectivity index (χ1n) is 5.88. The van der Waals surface area contributed by atoms with Crippen LogP contribution in [0.2, 0.25) is 0 Å². The number of ketones is 1. The summed E-state index contributed by atoms with van der Waals surface area (Å²) in [5.74, 6) is 0.130. The third-order valence-corrected chi connectivity index (χ3v) is 4.98. The number of halogens is 3. The number of hydrogen-bond acceptors (Lipinski definition) is 2. The topological polar surface area (TPSA) is 17.1 Å². The lowest BCUT2D eigenvalue weighted by Crippen LogP contribution is -2.06. The zero-order valence-electron chi connectivity index (χ0n) is 10.4. The minimum atomic E-state index is -0.323. The molecule has 2 aromatic rings. The standard InChI is InChI=1S/C15H11Br2FOS/c16-11-1-4-14(5-2-11)20-9-13(19)8-10-7-12(18)3-6-15(10)17/h1-7H,8-9H2. The summed E-state index contributed by atoms with van der Waals surface area (Å²) >= 11 is 8.19. The van der Waals surface area contributed by atoms with E-state index in [1.54, 1.807) is 6.07 Å². The van der Waals surface area contributed by atoms with E-state index in [0.717, 1.165) is 13.8 Å². The molecule has 104 valence electrons. The average Bonchev–Trinajstić information content (AvgIpc) is 2.42. The van der Waals surface area contributed by atoms with Crippen molar-refractivity contribution >= 4 is 49.4 Å². The van der Waals surface area contributed by atoms with Crippen LogP contribution >= 0.6 is 43.6 Å². The summed E-state index contributed by atoms with van der Waals surface area (Å²) in [5.41, 5.74) is 0.686. The molecule has 0 saturated carbocycles. The minimum Gasteiger partial charge on any atom is -0.298 e. The third-order valence-electron chi connectivity index (χ3n) is 2.61. The summed E-state index contributed by atoms with van der Waals surface area (Å²) in [6.07, 6.45) is 0.238. The molecule has 0 heterocycles. The first-order chi connectivity index (χ1) is 9.54. The molecule has 0 radical (unpaired) electrons. The smallest absolute Gasteiger partial charge is 0.147 e. The lowest BCUT2D eigenvalue weighted by atomic mass is 10.1. The highest BCUT2D eigenvalue weighted by Crippen LogP contribution is 2.22. The summed E-state index contributed by atoms with van der Waals surface area (Å²) in [5, 5.41) is 0. The fourth-order valence-corrected chi connectivity index (χ4v) is 3.05. The fourth-order valence-electron chi connectivity index (χ4n) is 1.64. The van der Waals surface area contributed by atoms with Gasteiger partial charge >= 0.3 is 0 Å². The summed E-state index contributed by atoms with van der Waals surface area (Å²) in [4.78, 5) is 13.0. The number of thioether (sulfide) groups is 1. The van der Waals surface area contributed by atoms with E-state index in [1.807, 2.05) is 24.3 Å². The summed E-state index contributed by atoms with van der Waals surface area (Å²) < 4.78 is 14.9. The maximum Gasteiger partial charge on any atom is 0.147 e. The Morgan fingerprint density at radius 1 is 1.10 bits per heavy atom. The number of benzene rings is 2. The monoisotopic (exact) mass is 416 g/mol. The zero-order valence-corrected chi connectivity index (χ0v) is 14.4. The van der Waals surface area contributed by atoms with Crippen LogP contribution in [0.4, 0.5) is 4.39 Å². The number of Topliss-reactive ketones (excluding diaryl/α,β-unsaturated/α-hetero) is 1. The zero-order chi connectivity index (χ0) is 14.5. The highest BCUT2D eigenvalue weighted by molar-refractivity contribution is 9.10. The van der Waals surface area contributed by atoms with Crippen molar-refractivity contribution in [2.24, 2.45) is 0 Å². The van der Waals surface area contributed by atoms with E-state index < -0.39 is 0 Å². The molecule has 0 atom stereocenters. The van der Waals surface area contributed by atoms with E-state index in [0.29, 0.717) is 11.3 Å².